The number of rotatable bonds is 4. The fraction of sp³-hybridized carbons (Fsp3) is 0.231. The summed E-state index contributed by atoms with van der Waals surface area (Å²) < 4.78 is 7.18. The molecule has 96 valence electrons. The molecule has 0 radical (unpaired) electrons. The normalized spacial score (nSPS) is 12.5. The molecule has 0 aliphatic heterocycles. The Kier molecular flexibility index (Phi) is 3.06. The van der Waals surface area contributed by atoms with Gasteiger partial charge < -0.3 is 4.52 Å². The molecule has 0 aliphatic carbocycles. The molecule has 0 N–H and O–H groups in total. The predicted octanol–water partition coefficient (Wildman–Crippen LogP) is 2.33. The average molecular weight is 255 g/mol. The van der Waals surface area contributed by atoms with Gasteiger partial charge in [0, 0.05) is 30.4 Å². The van der Waals surface area contributed by atoms with Crippen molar-refractivity contribution < 1.29 is 4.52 Å². The lowest BCUT2D eigenvalue weighted by Crippen LogP contribution is -2.10. The molecule has 0 unspecified atom stereocenters. The molecule has 0 saturated carbocycles. The first-order chi connectivity index (χ1) is 9.38. The van der Waals surface area contributed by atoms with Gasteiger partial charge in [-0.1, -0.05) is 12.1 Å². The zero-order chi connectivity index (χ0) is 13.1. The number of hydrogen-bond donors (Lipinski definition) is 0. The average Bonchev–Trinajstić information content (AvgIpc) is 3.12. The first-order valence-corrected chi connectivity index (χ1v) is 6.11. The molecule has 3 aromatic rings. The van der Waals surface area contributed by atoms with Crippen LogP contribution >= 0.6 is 0 Å². The van der Waals surface area contributed by atoms with Crippen LogP contribution in [0.3, 0.4) is 0 Å². The van der Waals surface area contributed by atoms with Crippen LogP contribution in [0.15, 0.2) is 47.5 Å². The lowest BCUT2D eigenvalue weighted by Gasteiger charge is -2.09. The van der Waals surface area contributed by atoms with Gasteiger partial charge in [0.25, 0.3) is 5.89 Å². The third kappa shape index (κ3) is 2.24. The Morgan fingerprint density at radius 1 is 1.26 bits per heavy atom. The van der Waals surface area contributed by atoms with Crippen molar-refractivity contribution in [2.24, 2.45) is 0 Å². The summed E-state index contributed by atoms with van der Waals surface area (Å²) in [5, 5.41) is 8.23. The Balaban J connectivity index is 1.93. The van der Waals surface area contributed by atoms with Crippen molar-refractivity contribution >= 4 is 0 Å². The molecule has 3 rings (SSSR count). The van der Waals surface area contributed by atoms with Crippen LogP contribution < -0.4 is 0 Å². The van der Waals surface area contributed by atoms with Gasteiger partial charge in [0.1, 0.15) is 6.04 Å². The zero-order valence-corrected chi connectivity index (χ0v) is 10.5. The van der Waals surface area contributed by atoms with Crippen molar-refractivity contribution in [3.63, 3.8) is 0 Å². The van der Waals surface area contributed by atoms with Crippen LogP contribution in [0.2, 0.25) is 0 Å². The standard InChI is InChI=1S/C13H13N5O/c1-2-11(18-9-3-6-15-18)13-16-12(17-19-13)10-4-7-14-8-5-10/h3-9,11H,2H2,1H3/t11-/m1/s1. The van der Waals surface area contributed by atoms with E-state index in [9.17, 15) is 0 Å². The maximum absolute atomic E-state index is 5.35. The van der Waals surface area contributed by atoms with Crippen LogP contribution in [0.1, 0.15) is 25.3 Å². The second-order valence-electron chi connectivity index (χ2n) is 4.10. The van der Waals surface area contributed by atoms with Crippen molar-refractivity contribution in [1.82, 2.24) is 24.9 Å². The van der Waals surface area contributed by atoms with Gasteiger partial charge in [-0.2, -0.15) is 10.1 Å². The fourth-order valence-corrected chi connectivity index (χ4v) is 1.93. The highest BCUT2D eigenvalue weighted by atomic mass is 16.5. The molecule has 6 nitrogen and oxygen atoms in total. The maximum atomic E-state index is 5.35. The fourth-order valence-electron chi connectivity index (χ4n) is 1.93. The summed E-state index contributed by atoms with van der Waals surface area (Å²) >= 11 is 0. The highest BCUT2D eigenvalue weighted by molar-refractivity contribution is 5.52. The monoisotopic (exact) mass is 255 g/mol. The van der Waals surface area contributed by atoms with Crippen molar-refractivity contribution in [2.75, 3.05) is 0 Å². The second-order valence-corrected chi connectivity index (χ2v) is 4.10. The van der Waals surface area contributed by atoms with Crippen molar-refractivity contribution in [3.05, 3.63) is 48.9 Å². The summed E-state index contributed by atoms with van der Waals surface area (Å²) in [6, 6.07) is 5.55. The van der Waals surface area contributed by atoms with E-state index in [1.54, 1.807) is 18.6 Å². The molecule has 19 heavy (non-hydrogen) atoms. The van der Waals surface area contributed by atoms with E-state index in [-0.39, 0.29) is 6.04 Å². The van der Waals surface area contributed by atoms with Crippen LogP contribution in [0.25, 0.3) is 11.4 Å². The van der Waals surface area contributed by atoms with Gasteiger partial charge in [-0.25, -0.2) is 0 Å². The first-order valence-electron chi connectivity index (χ1n) is 6.11. The van der Waals surface area contributed by atoms with Gasteiger partial charge in [0.2, 0.25) is 5.82 Å². The zero-order valence-electron chi connectivity index (χ0n) is 10.5. The minimum atomic E-state index is -0.0295. The first kappa shape index (κ1) is 11.6. The predicted molar refractivity (Wildman–Crippen MR) is 68.2 cm³/mol. The number of hydrogen-bond acceptors (Lipinski definition) is 5. The van der Waals surface area contributed by atoms with Gasteiger partial charge >= 0.3 is 0 Å². The Morgan fingerprint density at radius 2 is 2.11 bits per heavy atom. The van der Waals surface area contributed by atoms with E-state index < -0.39 is 0 Å². The molecule has 0 saturated heterocycles. The van der Waals surface area contributed by atoms with Gasteiger partial charge in [0.15, 0.2) is 0 Å². The Morgan fingerprint density at radius 3 is 2.79 bits per heavy atom. The van der Waals surface area contributed by atoms with Gasteiger partial charge in [-0.3, -0.25) is 9.67 Å². The quantitative estimate of drug-likeness (QED) is 0.715. The minimum Gasteiger partial charge on any atom is -0.337 e. The summed E-state index contributed by atoms with van der Waals surface area (Å²) in [6.07, 6.45) is 7.87. The molecule has 0 fully saturated rings. The van der Waals surface area contributed by atoms with E-state index in [2.05, 4.69) is 27.1 Å². The summed E-state index contributed by atoms with van der Waals surface area (Å²) in [6.45, 7) is 2.06. The highest BCUT2D eigenvalue weighted by Crippen LogP contribution is 2.22. The topological polar surface area (TPSA) is 69.6 Å². The second kappa shape index (κ2) is 5.01. The van der Waals surface area contributed by atoms with Crippen LogP contribution in [0.4, 0.5) is 0 Å². The van der Waals surface area contributed by atoms with Crippen LogP contribution in [0.5, 0.6) is 0 Å². The lowest BCUT2D eigenvalue weighted by molar-refractivity contribution is 0.321. The Bertz CT molecular complexity index is 632. The van der Waals surface area contributed by atoms with Crippen molar-refractivity contribution in [1.29, 1.82) is 0 Å². The summed E-state index contributed by atoms with van der Waals surface area (Å²) in [5.74, 6) is 1.14. The summed E-state index contributed by atoms with van der Waals surface area (Å²) in [4.78, 5) is 8.41. The molecular weight excluding hydrogens is 242 g/mol. The highest BCUT2D eigenvalue weighted by Gasteiger charge is 2.19. The van der Waals surface area contributed by atoms with Crippen LogP contribution in [-0.2, 0) is 0 Å². The molecule has 0 bridgehead atoms. The van der Waals surface area contributed by atoms with Gasteiger partial charge in [-0.15, -0.1) is 0 Å². The van der Waals surface area contributed by atoms with Crippen LogP contribution in [-0.4, -0.2) is 24.9 Å². The summed E-state index contributed by atoms with van der Waals surface area (Å²) in [5.41, 5.74) is 0.889. The minimum absolute atomic E-state index is 0.0295. The third-order valence-corrected chi connectivity index (χ3v) is 2.90. The van der Waals surface area contributed by atoms with Crippen LogP contribution in [0, 0.1) is 0 Å². The Labute approximate surface area is 110 Å². The maximum Gasteiger partial charge on any atom is 0.251 e. The van der Waals surface area contributed by atoms with Gasteiger partial charge in [-0.05, 0) is 24.6 Å². The van der Waals surface area contributed by atoms with E-state index >= 15 is 0 Å². The molecule has 3 aromatic heterocycles. The third-order valence-electron chi connectivity index (χ3n) is 2.90. The van der Waals surface area contributed by atoms with E-state index in [1.807, 2.05) is 29.1 Å². The summed E-state index contributed by atoms with van der Waals surface area (Å²) in [7, 11) is 0. The van der Waals surface area contributed by atoms with E-state index in [0.29, 0.717) is 11.7 Å². The molecule has 0 amide bonds. The Hall–Kier alpha value is -2.50. The SMILES string of the molecule is CC[C@H](c1nc(-c2ccncc2)no1)n1cccn1. The molecule has 3 heterocycles. The van der Waals surface area contributed by atoms with Crippen molar-refractivity contribution in [2.45, 2.75) is 19.4 Å². The molecule has 0 aromatic carbocycles. The lowest BCUT2D eigenvalue weighted by atomic mass is 10.2. The molecular formula is C13H13N5O. The number of nitrogens with zero attached hydrogens (tertiary/aromatic N) is 5. The molecule has 6 heteroatoms. The molecule has 1 atom stereocenters. The van der Waals surface area contributed by atoms with E-state index in [1.165, 1.54) is 0 Å². The smallest absolute Gasteiger partial charge is 0.251 e. The van der Waals surface area contributed by atoms with Gasteiger partial charge in [0.05, 0.1) is 0 Å². The molecule has 0 spiro atoms. The van der Waals surface area contributed by atoms with E-state index in [0.717, 1.165) is 12.0 Å². The number of pyridine rings is 1. The largest absolute Gasteiger partial charge is 0.337 e. The van der Waals surface area contributed by atoms with E-state index in [4.69, 9.17) is 4.52 Å². The van der Waals surface area contributed by atoms with Crippen molar-refractivity contribution in [3.8, 4) is 11.4 Å². The molecule has 0 aliphatic rings. The number of aromatic nitrogens is 5.